The van der Waals surface area contributed by atoms with E-state index in [1.165, 1.54) is 25.6 Å². The van der Waals surface area contributed by atoms with Gasteiger partial charge >= 0.3 is 0 Å². The minimum Gasteiger partial charge on any atom is -0.357 e. The number of rotatable bonds is 6. The summed E-state index contributed by atoms with van der Waals surface area (Å²) < 4.78 is 1.85. The third-order valence-electron chi connectivity index (χ3n) is 3.85. The summed E-state index contributed by atoms with van der Waals surface area (Å²) in [7, 11) is 1.89. The molecular formula is C15H21N7OS. The average Bonchev–Trinajstić information content (AvgIpc) is 3.04. The Balaban J connectivity index is 1.50. The van der Waals surface area contributed by atoms with E-state index < -0.39 is 0 Å². The number of anilines is 1. The first-order chi connectivity index (χ1) is 11.7. The number of nitrogens with zero attached hydrogens (tertiary/aromatic N) is 6. The molecule has 0 unspecified atom stereocenters. The van der Waals surface area contributed by atoms with Gasteiger partial charge in [0.1, 0.15) is 24.2 Å². The van der Waals surface area contributed by atoms with Crippen molar-refractivity contribution < 1.29 is 4.79 Å². The van der Waals surface area contributed by atoms with E-state index in [4.69, 9.17) is 0 Å². The van der Waals surface area contributed by atoms with Crippen molar-refractivity contribution in [2.45, 2.75) is 24.4 Å². The van der Waals surface area contributed by atoms with Crippen LogP contribution in [-0.2, 0) is 7.05 Å². The van der Waals surface area contributed by atoms with E-state index in [1.807, 2.05) is 11.6 Å². The van der Waals surface area contributed by atoms with Crippen LogP contribution in [0.25, 0.3) is 0 Å². The van der Waals surface area contributed by atoms with E-state index >= 15 is 0 Å². The third-order valence-corrected chi connectivity index (χ3v) is 4.89. The first-order valence-electron chi connectivity index (χ1n) is 8.06. The van der Waals surface area contributed by atoms with Crippen LogP contribution in [0.5, 0.6) is 0 Å². The van der Waals surface area contributed by atoms with Crippen LogP contribution in [-0.4, -0.2) is 56.0 Å². The van der Waals surface area contributed by atoms with E-state index in [1.54, 1.807) is 24.2 Å². The quantitative estimate of drug-likeness (QED) is 0.618. The van der Waals surface area contributed by atoms with Crippen molar-refractivity contribution in [3.8, 4) is 0 Å². The first-order valence-corrected chi connectivity index (χ1v) is 9.04. The number of hydrogen-bond donors (Lipinski definition) is 1. The van der Waals surface area contributed by atoms with Gasteiger partial charge in [-0.3, -0.25) is 4.79 Å². The van der Waals surface area contributed by atoms with Crippen molar-refractivity contribution >= 4 is 23.5 Å². The zero-order chi connectivity index (χ0) is 16.8. The molecule has 3 rings (SSSR count). The normalized spacial score (nSPS) is 14.6. The fraction of sp³-hybridized carbons (Fsp3) is 0.533. The van der Waals surface area contributed by atoms with Gasteiger partial charge < -0.3 is 14.8 Å². The van der Waals surface area contributed by atoms with Crippen LogP contribution >= 0.6 is 11.8 Å². The zero-order valence-corrected chi connectivity index (χ0v) is 14.5. The number of piperidine rings is 1. The van der Waals surface area contributed by atoms with E-state index in [2.05, 4.69) is 30.4 Å². The van der Waals surface area contributed by atoms with Crippen LogP contribution in [0.3, 0.4) is 0 Å². The van der Waals surface area contributed by atoms with Crippen LogP contribution in [0.2, 0.25) is 0 Å². The van der Waals surface area contributed by atoms with E-state index in [0.717, 1.165) is 29.8 Å². The molecule has 2 aromatic heterocycles. The van der Waals surface area contributed by atoms with Crippen molar-refractivity contribution in [1.29, 1.82) is 0 Å². The number of thioether (sulfide) groups is 1. The second-order valence-electron chi connectivity index (χ2n) is 5.64. The minimum atomic E-state index is -0.172. The molecule has 0 radical (unpaired) electrons. The lowest BCUT2D eigenvalue weighted by molar-refractivity contribution is 0.0951. The largest absolute Gasteiger partial charge is 0.357 e. The highest BCUT2D eigenvalue weighted by molar-refractivity contribution is 7.99. The molecule has 1 amide bonds. The second kappa shape index (κ2) is 8.09. The maximum absolute atomic E-state index is 12.2. The summed E-state index contributed by atoms with van der Waals surface area (Å²) in [5, 5.41) is 11.5. The molecule has 1 fully saturated rings. The Morgan fingerprint density at radius 3 is 2.88 bits per heavy atom. The average molecular weight is 347 g/mol. The van der Waals surface area contributed by atoms with E-state index in [-0.39, 0.29) is 5.91 Å². The van der Waals surface area contributed by atoms with Crippen molar-refractivity contribution in [3.05, 3.63) is 24.4 Å². The summed E-state index contributed by atoms with van der Waals surface area (Å²) in [4.78, 5) is 22.9. The molecular weight excluding hydrogens is 326 g/mol. The lowest BCUT2D eigenvalue weighted by Crippen LogP contribution is -2.31. The highest BCUT2D eigenvalue weighted by Gasteiger charge is 2.15. The maximum Gasteiger partial charge on any atom is 0.270 e. The van der Waals surface area contributed by atoms with Crippen molar-refractivity contribution in [2.24, 2.45) is 7.05 Å². The third kappa shape index (κ3) is 4.22. The van der Waals surface area contributed by atoms with Crippen LogP contribution in [0, 0.1) is 0 Å². The second-order valence-corrected chi connectivity index (χ2v) is 6.70. The molecule has 1 N–H and O–H groups in total. The summed E-state index contributed by atoms with van der Waals surface area (Å²) in [5.41, 5.74) is 0.411. The van der Waals surface area contributed by atoms with Gasteiger partial charge in [-0.05, 0) is 19.3 Å². The molecule has 3 heterocycles. The van der Waals surface area contributed by atoms with Gasteiger partial charge in [0.05, 0.1) is 0 Å². The molecule has 8 nitrogen and oxygen atoms in total. The van der Waals surface area contributed by atoms with Gasteiger partial charge in [0.15, 0.2) is 5.16 Å². The molecule has 1 aliphatic rings. The predicted octanol–water partition coefficient (Wildman–Crippen LogP) is 1.12. The molecule has 9 heteroatoms. The Morgan fingerprint density at radius 1 is 1.29 bits per heavy atom. The highest BCUT2D eigenvalue weighted by atomic mass is 32.2. The Bertz CT molecular complexity index is 684. The van der Waals surface area contributed by atoms with E-state index in [0.29, 0.717) is 12.2 Å². The number of nitrogens with one attached hydrogen (secondary N) is 1. The number of hydrogen-bond acceptors (Lipinski definition) is 7. The molecule has 0 aliphatic carbocycles. The first kappa shape index (κ1) is 16.7. The lowest BCUT2D eigenvalue weighted by atomic mass is 10.1. The molecule has 0 spiro atoms. The maximum atomic E-state index is 12.2. The molecule has 24 heavy (non-hydrogen) atoms. The van der Waals surface area contributed by atoms with Crippen molar-refractivity contribution in [3.63, 3.8) is 0 Å². The fourth-order valence-corrected chi connectivity index (χ4v) is 3.31. The summed E-state index contributed by atoms with van der Waals surface area (Å²) in [5.74, 6) is 1.39. The van der Waals surface area contributed by atoms with Gasteiger partial charge in [-0.15, -0.1) is 10.2 Å². The van der Waals surface area contributed by atoms with Gasteiger partial charge in [-0.25, -0.2) is 9.97 Å². The van der Waals surface area contributed by atoms with Crippen LogP contribution in [0.1, 0.15) is 29.8 Å². The monoisotopic (exact) mass is 347 g/mol. The molecule has 1 aliphatic heterocycles. The topological polar surface area (TPSA) is 88.8 Å². The Labute approximate surface area is 145 Å². The lowest BCUT2D eigenvalue weighted by Gasteiger charge is -2.27. The molecule has 0 atom stereocenters. The Kier molecular flexibility index (Phi) is 5.63. The van der Waals surface area contributed by atoms with Crippen molar-refractivity contribution in [1.82, 2.24) is 30.0 Å². The van der Waals surface area contributed by atoms with Gasteiger partial charge in [0.25, 0.3) is 5.91 Å². The zero-order valence-electron chi connectivity index (χ0n) is 13.7. The van der Waals surface area contributed by atoms with Crippen molar-refractivity contribution in [2.75, 3.05) is 30.3 Å². The predicted molar refractivity (Wildman–Crippen MR) is 92.2 cm³/mol. The molecule has 0 aromatic carbocycles. The van der Waals surface area contributed by atoms with Crippen LogP contribution < -0.4 is 10.2 Å². The standard InChI is InChI=1S/C15H21N7OS/c1-21-11-19-20-15(21)24-8-5-16-14(23)12-9-13(18-10-17-12)22-6-3-2-4-7-22/h9-11H,2-8H2,1H3,(H,16,23). The summed E-state index contributed by atoms with van der Waals surface area (Å²) >= 11 is 1.55. The molecule has 0 bridgehead atoms. The number of amides is 1. The van der Waals surface area contributed by atoms with Gasteiger partial charge in [0, 0.05) is 38.5 Å². The number of aromatic nitrogens is 5. The number of carbonyl (C=O) groups excluding carboxylic acids is 1. The Morgan fingerprint density at radius 2 is 2.12 bits per heavy atom. The van der Waals surface area contributed by atoms with Gasteiger partial charge in [-0.1, -0.05) is 11.8 Å². The molecule has 128 valence electrons. The van der Waals surface area contributed by atoms with Crippen LogP contribution in [0.15, 0.2) is 23.9 Å². The molecule has 2 aromatic rings. The summed E-state index contributed by atoms with van der Waals surface area (Å²) in [6.07, 6.45) is 6.73. The smallest absolute Gasteiger partial charge is 0.270 e. The Hall–Kier alpha value is -2.16. The molecule has 0 saturated carbocycles. The van der Waals surface area contributed by atoms with Gasteiger partial charge in [0.2, 0.25) is 0 Å². The molecule has 1 saturated heterocycles. The summed E-state index contributed by atoms with van der Waals surface area (Å²) in [6.45, 7) is 2.53. The number of carbonyl (C=O) groups is 1. The minimum absolute atomic E-state index is 0.172. The number of aryl methyl sites for hydroxylation is 1. The highest BCUT2D eigenvalue weighted by Crippen LogP contribution is 2.17. The fourth-order valence-electron chi connectivity index (χ4n) is 2.57. The van der Waals surface area contributed by atoms with Crippen LogP contribution in [0.4, 0.5) is 5.82 Å². The SMILES string of the molecule is Cn1cnnc1SCCNC(=O)c1cc(N2CCCCC2)ncn1. The van der Waals surface area contributed by atoms with E-state index in [9.17, 15) is 4.79 Å². The van der Waals surface area contributed by atoms with Gasteiger partial charge in [-0.2, -0.15) is 0 Å². The summed E-state index contributed by atoms with van der Waals surface area (Å²) in [6, 6.07) is 1.77.